The fraction of sp³-hybridized carbons (Fsp3) is 0.312. The molecule has 0 aliphatic heterocycles. The van der Waals surface area contributed by atoms with Gasteiger partial charge in [0.1, 0.15) is 0 Å². The van der Waals surface area contributed by atoms with Crippen molar-refractivity contribution < 1.29 is 9.53 Å². The summed E-state index contributed by atoms with van der Waals surface area (Å²) in [6, 6.07) is 7.54. The quantitative estimate of drug-likeness (QED) is 0.879. The summed E-state index contributed by atoms with van der Waals surface area (Å²) >= 11 is 0. The first kappa shape index (κ1) is 13.6. The number of rotatable bonds is 5. The number of ether oxygens (including phenoxy) is 1. The number of benzene rings is 1. The predicted octanol–water partition coefficient (Wildman–Crippen LogP) is 3.19. The number of carbonyl (C=O) groups is 1. The number of nitrogens with one attached hydrogen (secondary N) is 1. The Kier molecular flexibility index (Phi) is 4.93. The largest absolute Gasteiger partial charge is 0.377 e. The van der Waals surface area contributed by atoms with Crippen molar-refractivity contribution in [3.63, 3.8) is 0 Å². The molecule has 1 aromatic carbocycles. The molecule has 3 heteroatoms. The highest BCUT2D eigenvalue weighted by molar-refractivity contribution is 5.95. The number of amides is 1. The minimum absolute atomic E-state index is 0.0730. The van der Waals surface area contributed by atoms with E-state index in [0.717, 1.165) is 24.1 Å². The van der Waals surface area contributed by atoms with Crippen molar-refractivity contribution in [1.29, 1.82) is 0 Å². The Labute approximate surface area is 114 Å². The summed E-state index contributed by atoms with van der Waals surface area (Å²) in [4.78, 5) is 12.1. The highest BCUT2D eigenvalue weighted by atomic mass is 16.5. The highest BCUT2D eigenvalue weighted by Gasteiger charge is 2.08. The van der Waals surface area contributed by atoms with Crippen LogP contribution in [0.4, 0.5) is 0 Å². The molecule has 1 aliphatic rings. The molecule has 0 radical (unpaired) electrons. The molecule has 0 saturated carbocycles. The number of allylic oxidation sites excluding steroid dienone is 3. The van der Waals surface area contributed by atoms with Crippen LogP contribution >= 0.6 is 0 Å². The fourth-order valence-corrected chi connectivity index (χ4v) is 1.93. The average Bonchev–Trinajstić information content (AvgIpc) is 2.46. The van der Waals surface area contributed by atoms with Crippen molar-refractivity contribution in [2.45, 2.75) is 26.4 Å². The van der Waals surface area contributed by atoms with Gasteiger partial charge in [-0.3, -0.25) is 4.79 Å². The molecule has 0 saturated heterocycles. The lowest BCUT2D eigenvalue weighted by molar-refractivity contribution is 0.0966. The van der Waals surface area contributed by atoms with Gasteiger partial charge in [0.2, 0.25) is 0 Å². The van der Waals surface area contributed by atoms with Gasteiger partial charge in [-0.15, -0.1) is 0 Å². The molecule has 0 heterocycles. The van der Waals surface area contributed by atoms with Gasteiger partial charge in [0, 0.05) is 17.9 Å². The standard InChI is InChI=1S/C16H19NO2/c1-2-19-12-13-7-6-8-14(11-13)16(18)17-15-9-4-3-5-10-15/h4,6-11H,2-3,5,12H2,1H3,(H,17,18). The van der Waals surface area contributed by atoms with Crippen LogP contribution in [0.3, 0.4) is 0 Å². The van der Waals surface area contributed by atoms with Gasteiger partial charge in [0.25, 0.3) is 5.91 Å². The predicted molar refractivity (Wildman–Crippen MR) is 75.7 cm³/mol. The van der Waals surface area contributed by atoms with Crippen molar-refractivity contribution in [3.05, 3.63) is 59.3 Å². The Hall–Kier alpha value is -1.87. The topological polar surface area (TPSA) is 38.3 Å². The number of hydrogen-bond acceptors (Lipinski definition) is 2. The highest BCUT2D eigenvalue weighted by Crippen LogP contribution is 2.10. The summed E-state index contributed by atoms with van der Waals surface area (Å²) in [7, 11) is 0. The average molecular weight is 257 g/mol. The monoisotopic (exact) mass is 257 g/mol. The Morgan fingerprint density at radius 1 is 1.37 bits per heavy atom. The van der Waals surface area contributed by atoms with Crippen LogP contribution in [0, 0.1) is 0 Å². The Morgan fingerprint density at radius 3 is 3.00 bits per heavy atom. The molecule has 2 rings (SSSR count). The molecule has 3 nitrogen and oxygen atoms in total. The Bertz CT molecular complexity index is 503. The first-order valence-electron chi connectivity index (χ1n) is 6.64. The van der Waals surface area contributed by atoms with E-state index in [-0.39, 0.29) is 5.91 Å². The first-order chi connectivity index (χ1) is 9.29. The molecule has 100 valence electrons. The molecule has 0 aromatic heterocycles. The first-order valence-corrected chi connectivity index (χ1v) is 6.64. The van der Waals surface area contributed by atoms with Gasteiger partial charge in [-0.25, -0.2) is 0 Å². The minimum Gasteiger partial charge on any atom is -0.377 e. The summed E-state index contributed by atoms with van der Waals surface area (Å²) < 4.78 is 5.35. The van der Waals surface area contributed by atoms with Crippen molar-refractivity contribution >= 4 is 5.91 Å². The van der Waals surface area contributed by atoms with Crippen molar-refractivity contribution in [2.24, 2.45) is 0 Å². The molecule has 1 aliphatic carbocycles. The van der Waals surface area contributed by atoms with Gasteiger partial charge in [-0.05, 0) is 43.5 Å². The summed E-state index contributed by atoms with van der Waals surface area (Å²) in [5.41, 5.74) is 2.56. The van der Waals surface area contributed by atoms with Crippen LogP contribution in [-0.2, 0) is 11.3 Å². The molecule has 1 N–H and O–H groups in total. The molecular formula is C16H19NO2. The SMILES string of the molecule is CCOCc1cccc(C(=O)NC2=CCCC=C2)c1. The van der Waals surface area contributed by atoms with E-state index in [1.54, 1.807) is 0 Å². The smallest absolute Gasteiger partial charge is 0.255 e. The second kappa shape index (κ2) is 6.90. The van der Waals surface area contributed by atoms with Gasteiger partial charge >= 0.3 is 0 Å². The van der Waals surface area contributed by atoms with E-state index in [1.807, 2.05) is 43.3 Å². The zero-order valence-electron chi connectivity index (χ0n) is 11.2. The summed E-state index contributed by atoms with van der Waals surface area (Å²) in [6.07, 6.45) is 8.09. The van der Waals surface area contributed by atoms with E-state index < -0.39 is 0 Å². The molecule has 0 spiro atoms. The molecule has 0 unspecified atom stereocenters. The molecule has 1 aromatic rings. The lowest BCUT2D eigenvalue weighted by Crippen LogP contribution is -2.22. The maximum Gasteiger partial charge on any atom is 0.255 e. The van der Waals surface area contributed by atoms with E-state index in [9.17, 15) is 4.79 Å². The van der Waals surface area contributed by atoms with E-state index in [1.165, 1.54) is 0 Å². The van der Waals surface area contributed by atoms with Crippen molar-refractivity contribution in [3.8, 4) is 0 Å². The zero-order valence-corrected chi connectivity index (χ0v) is 11.2. The second-order valence-electron chi connectivity index (χ2n) is 4.43. The van der Waals surface area contributed by atoms with Crippen molar-refractivity contribution in [1.82, 2.24) is 5.32 Å². The van der Waals surface area contributed by atoms with Gasteiger partial charge < -0.3 is 10.1 Å². The number of hydrogen-bond donors (Lipinski definition) is 1. The lowest BCUT2D eigenvalue weighted by Gasteiger charge is -2.10. The van der Waals surface area contributed by atoms with Crippen LogP contribution in [0.25, 0.3) is 0 Å². The summed E-state index contributed by atoms with van der Waals surface area (Å²) in [5.74, 6) is -0.0730. The maximum absolute atomic E-state index is 12.1. The van der Waals surface area contributed by atoms with Crippen molar-refractivity contribution in [2.75, 3.05) is 6.61 Å². The molecule has 19 heavy (non-hydrogen) atoms. The second-order valence-corrected chi connectivity index (χ2v) is 4.43. The third-order valence-corrected chi connectivity index (χ3v) is 2.91. The summed E-state index contributed by atoms with van der Waals surface area (Å²) in [6.45, 7) is 3.17. The lowest BCUT2D eigenvalue weighted by atomic mass is 10.1. The minimum atomic E-state index is -0.0730. The fourth-order valence-electron chi connectivity index (χ4n) is 1.93. The van der Waals surface area contributed by atoms with Gasteiger partial charge in [-0.1, -0.05) is 24.3 Å². The van der Waals surface area contributed by atoms with Crippen LogP contribution in [0.1, 0.15) is 35.7 Å². The van der Waals surface area contributed by atoms with Crippen LogP contribution in [-0.4, -0.2) is 12.5 Å². The summed E-state index contributed by atoms with van der Waals surface area (Å²) in [5, 5.41) is 2.91. The number of carbonyl (C=O) groups excluding carboxylic acids is 1. The van der Waals surface area contributed by atoms with Crippen LogP contribution in [0.2, 0.25) is 0 Å². The maximum atomic E-state index is 12.1. The Morgan fingerprint density at radius 2 is 2.26 bits per heavy atom. The molecule has 1 amide bonds. The van der Waals surface area contributed by atoms with E-state index in [0.29, 0.717) is 18.8 Å². The third kappa shape index (κ3) is 4.07. The molecule has 0 fully saturated rings. The molecule has 0 atom stereocenters. The van der Waals surface area contributed by atoms with Gasteiger partial charge in [-0.2, -0.15) is 0 Å². The molecular weight excluding hydrogens is 238 g/mol. The van der Waals surface area contributed by atoms with Crippen LogP contribution in [0.15, 0.2) is 48.2 Å². The molecule has 0 bridgehead atoms. The third-order valence-electron chi connectivity index (χ3n) is 2.91. The zero-order chi connectivity index (χ0) is 13.5. The van der Waals surface area contributed by atoms with E-state index >= 15 is 0 Å². The van der Waals surface area contributed by atoms with E-state index in [2.05, 4.69) is 11.4 Å². The normalized spacial score (nSPS) is 14.1. The van der Waals surface area contributed by atoms with Crippen LogP contribution < -0.4 is 5.32 Å². The van der Waals surface area contributed by atoms with Crippen LogP contribution in [0.5, 0.6) is 0 Å². The van der Waals surface area contributed by atoms with E-state index in [4.69, 9.17) is 4.74 Å². The van der Waals surface area contributed by atoms with Gasteiger partial charge in [0.15, 0.2) is 0 Å². The van der Waals surface area contributed by atoms with Gasteiger partial charge in [0.05, 0.1) is 6.61 Å². The Balaban J connectivity index is 2.02.